The molecule has 6 nitrogen and oxygen atoms in total. The zero-order valence-corrected chi connectivity index (χ0v) is 19.7. The molecule has 3 aromatic carbocycles. The molecule has 0 unspecified atom stereocenters. The molecule has 1 atom stereocenters. The molecule has 184 valence electrons. The molecule has 1 aliphatic heterocycles. The number of benzene rings is 3. The van der Waals surface area contributed by atoms with Gasteiger partial charge in [0.25, 0.3) is 5.82 Å². The molecule has 1 aliphatic rings. The molecule has 0 aliphatic carbocycles. The molecule has 36 heavy (non-hydrogen) atoms. The van der Waals surface area contributed by atoms with Gasteiger partial charge in [-0.2, -0.15) is 18.2 Å². The maximum Gasteiger partial charge on any atom is 0.453 e. The molecule has 5 rings (SSSR count). The Bertz CT molecular complexity index is 1400. The molecule has 1 aromatic heterocycles. The lowest BCUT2D eigenvalue weighted by atomic mass is 10.0. The van der Waals surface area contributed by atoms with Crippen LogP contribution >= 0.6 is 11.6 Å². The van der Waals surface area contributed by atoms with Crippen molar-refractivity contribution >= 4 is 23.2 Å². The molecule has 10 heteroatoms. The van der Waals surface area contributed by atoms with E-state index in [0.29, 0.717) is 34.4 Å². The number of anilines is 1. The highest BCUT2D eigenvalue weighted by atomic mass is 35.5. The summed E-state index contributed by atoms with van der Waals surface area (Å²) < 4.78 is 53.0. The number of nitrogens with one attached hydrogen (secondary N) is 1. The van der Waals surface area contributed by atoms with Crippen molar-refractivity contribution in [3.8, 4) is 11.5 Å². The summed E-state index contributed by atoms with van der Waals surface area (Å²) in [5.74, 6) is -0.296. The summed E-state index contributed by atoms with van der Waals surface area (Å²) in [7, 11) is 1.51. The number of hydrogen-bond acceptors (Lipinski definition) is 5. The number of ether oxygens (including phenoxy) is 2. The molecule has 0 saturated heterocycles. The SMILES string of the molecule is COc1cc([C@@H]2C=C(c3ccc(Cl)cc3)Nc3nc(C(F)(F)F)nn32)ccc1OCc1ccccc1. The maximum atomic E-state index is 13.4. The van der Waals surface area contributed by atoms with E-state index in [1.54, 1.807) is 48.5 Å². The fourth-order valence-corrected chi connectivity index (χ4v) is 4.00. The smallest absolute Gasteiger partial charge is 0.453 e. The topological polar surface area (TPSA) is 61.2 Å². The number of halogens is 4. The van der Waals surface area contributed by atoms with Gasteiger partial charge in [-0.25, -0.2) is 4.68 Å². The van der Waals surface area contributed by atoms with E-state index in [1.165, 1.54) is 11.8 Å². The van der Waals surface area contributed by atoms with Crippen molar-refractivity contribution in [2.45, 2.75) is 18.8 Å². The number of rotatable bonds is 6. The molecular formula is C26H20ClF3N4O2. The number of allylic oxidation sites excluding steroid dienone is 1. The summed E-state index contributed by atoms with van der Waals surface area (Å²) >= 11 is 6.01. The molecule has 1 N–H and O–H groups in total. The second-order valence-electron chi connectivity index (χ2n) is 8.04. The van der Waals surface area contributed by atoms with Crippen molar-refractivity contribution in [1.82, 2.24) is 14.8 Å². The molecule has 0 spiro atoms. The van der Waals surface area contributed by atoms with Gasteiger partial charge in [0.15, 0.2) is 11.5 Å². The molecule has 2 heterocycles. The molecule has 0 saturated carbocycles. The first-order valence-electron chi connectivity index (χ1n) is 10.9. The van der Waals surface area contributed by atoms with Gasteiger partial charge in [-0.3, -0.25) is 0 Å². The first-order chi connectivity index (χ1) is 17.3. The van der Waals surface area contributed by atoms with Crippen LogP contribution in [0.1, 0.15) is 28.6 Å². The van der Waals surface area contributed by atoms with E-state index in [2.05, 4.69) is 15.4 Å². The summed E-state index contributed by atoms with van der Waals surface area (Å²) in [6, 6.07) is 21.2. The third kappa shape index (κ3) is 4.87. The molecule has 0 bridgehead atoms. The van der Waals surface area contributed by atoms with Crippen LogP contribution in [0, 0.1) is 0 Å². The van der Waals surface area contributed by atoms with Gasteiger partial charge in [0.1, 0.15) is 12.6 Å². The van der Waals surface area contributed by atoms with Crippen LogP contribution in [-0.2, 0) is 12.8 Å². The van der Waals surface area contributed by atoms with E-state index in [9.17, 15) is 13.2 Å². The second-order valence-corrected chi connectivity index (χ2v) is 8.48. The maximum absolute atomic E-state index is 13.4. The minimum Gasteiger partial charge on any atom is -0.493 e. The monoisotopic (exact) mass is 512 g/mol. The molecule has 4 aromatic rings. The van der Waals surface area contributed by atoms with E-state index in [-0.39, 0.29) is 5.95 Å². The fraction of sp³-hybridized carbons (Fsp3) is 0.154. The molecular weight excluding hydrogens is 493 g/mol. The van der Waals surface area contributed by atoms with Gasteiger partial charge in [0.2, 0.25) is 5.95 Å². The third-order valence-corrected chi connectivity index (χ3v) is 5.89. The van der Waals surface area contributed by atoms with Gasteiger partial charge in [0.05, 0.1) is 7.11 Å². The average Bonchev–Trinajstić information content (AvgIpc) is 3.33. The summed E-state index contributed by atoms with van der Waals surface area (Å²) in [5.41, 5.74) is 2.95. The van der Waals surface area contributed by atoms with Crippen molar-refractivity contribution in [2.24, 2.45) is 0 Å². The Labute approximate surface area is 210 Å². The van der Waals surface area contributed by atoms with Crippen molar-refractivity contribution < 1.29 is 22.6 Å². The highest BCUT2D eigenvalue weighted by Crippen LogP contribution is 2.38. The number of alkyl halides is 3. The van der Waals surface area contributed by atoms with Crippen molar-refractivity contribution in [2.75, 3.05) is 12.4 Å². The van der Waals surface area contributed by atoms with Crippen LogP contribution < -0.4 is 14.8 Å². The standard InChI is InChI=1S/C26H20ClF3N4O2/c1-35-23-13-18(9-12-22(23)36-15-16-5-3-2-4-6-16)21-14-20(17-7-10-19(27)11-8-17)31-25-32-24(26(28,29)30)33-34(21)25/h2-14,21H,15H2,1H3,(H,31,32,33)/t21-/m0/s1. The Morgan fingerprint density at radius 3 is 2.44 bits per heavy atom. The van der Waals surface area contributed by atoms with Gasteiger partial charge >= 0.3 is 6.18 Å². The molecule has 0 amide bonds. The van der Waals surface area contributed by atoms with Crippen LogP contribution in [0.3, 0.4) is 0 Å². The van der Waals surface area contributed by atoms with E-state index < -0.39 is 18.0 Å². The van der Waals surface area contributed by atoms with Crippen LogP contribution in [-0.4, -0.2) is 21.9 Å². The number of fused-ring (bicyclic) bond motifs is 1. The van der Waals surface area contributed by atoms with Gasteiger partial charge in [0, 0.05) is 10.7 Å². The Hall–Kier alpha value is -3.98. The quantitative estimate of drug-likeness (QED) is 0.315. The molecule has 0 fully saturated rings. The summed E-state index contributed by atoms with van der Waals surface area (Å²) in [5, 5.41) is 7.26. The van der Waals surface area contributed by atoms with E-state index in [4.69, 9.17) is 21.1 Å². The van der Waals surface area contributed by atoms with Gasteiger partial charge in [-0.1, -0.05) is 60.1 Å². The van der Waals surface area contributed by atoms with Gasteiger partial charge in [-0.05, 0) is 47.0 Å². The fourth-order valence-electron chi connectivity index (χ4n) is 3.87. The number of nitrogens with zero attached hydrogens (tertiary/aromatic N) is 3. The lowest BCUT2D eigenvalue weighted by Crippen LogP contribution is -2.20. The Balaban J connectivity index is 1.52. The third-order valence-electron chi connectivity index (χ3n) is 5.64. The zero-order valence-electron chi connectivity index (χ0n) is 19.0. The lowest BCUT2D eigenvalue weighted by molar-refractivity contribution is -0.145. The first kappa shape index (κ1) is 23.7. The highest BCUT2D eigenvalue weighted by molar-refractivity contribution is 6.30. The predicted octanol–water partition coefficient (Wildman–Crippen LogP) is 6.59. The van der Waals surface area contributed by atoms with Gasteiger partial charge < -0.3 is 14.8 Å². The highest BCUT2D eigenvalue weighted by Gasteiger charge is 2.39. The van der Waals surface area contributed by atoms with Crippen LogP contribution in [0.5, 0.6) is 11.5 Å². The van der Waals surface area contributed by atoms with E-state index in [0.717, 1.165) is 11.1 Å². The Morgan fingerprint density at radius 1 is 1.00 bits per heavy atom. The van der Waals surface area contributed by atoms with Crippen LogP contribution in [0.4, 0.5) is 19.1 Å². The minimum absolute atomic E-state index is 0.0249. The van der Waals surface area contributed by atoms with Crippen LogP contribution in [0.25, 0.3) is 5.70 Å². The summed E-state index contributed by atoms with van der Waals surface area (Å²) in [6.07, 6.45) is -2.91. The minimum atomic E-state index is -4.69. The van der Waals surface area contributed by atoms with Crippen molar-refractivity contribution in [3.05, 3.63) is 106 Å². The Morgan fingerprint density at radius 2 is 1.75 bits per heavy atom. The van der Waals surface area contributed by atoms with Crippen molar-refractivity contribution in [3.63, 3.8) is 0 Å². The zero-order chi connectivity index (χ0) is 25.3. The molecule has 0 radical (unpaired) electrons. The number of methoxy groups -OCH3 is 1. The Kier molecular flexibility index (Phi) is 6.32. The first-order valence-corrected chi connectivity index (χ1v) is 11.3. The number of hydrogen-bond donors (Lipinski definition) is 1. The number of aromatic nitrogens is 3. The van der Waals surface area contributed by atoms with E-state index >= 15 is 0 Å². The van der Waals surface area contributed by atoms with Crippen LogP contribution in [0.2, 0.25) is 5.02 Å². The lowest BCUT2D eigenvalue weighted by Gasteiger charge is -2.25. The largest absolute Gasteiger partial charge is 0.493 e. The summed E-state index contributed by atoms with van der Waals surface area (Å²) in [4.78, 5) is 3.71. The van der Waals surface area contributed by atoms with E-state index in [1.807, 2.05) is 30.3 Å². The summed E-state index contributed by atoms with van der Waals surface area (Å²) in [6.45, 7) is 0.340. The van der Waals surface area contributed by atoms with Crippen molar-refractivity contribution in [1.29, 1.82) is 0 Å². The van der Waals surface area contributed by atoms with Gasteiger partial charge in [-0.15, -0.1) is 5.10 Å². The average molecular weight is 513 g/mol. The second kappa shape index (κ2) is 9.58. The van der Waals surface area contributed by atoms with Crippen LogP contribution in [0.15, 0.2) is 78.9 Å². The normalized spacial score (nSPS) is 15.0. The predicted molar refractivity (Wildman–Crippen MR) is 130 cm³/mol.